The minimum absolute atomic E-state index is 0. The zero-order valence-electron chi connectivity index (χ0n) is 7.82. The summed E-state index contributed by atoms with van der Waals surface area (Å²) in [6.45, 7) is 0. The van der Waals surface area contributed by atoms with Crippen LogP contribution in [-0.2, 0) is 0 Å². The van der Waals surface area contributed by atoms with Crippen LogP contribution in [0.3, 0.4) is 0 Å². The van der Waals surface area contributed by atoms with Crippen LogP contribution in [0.25, 0.3) is 0 Å². The van der Waals surface area contributed by atoms with Crippen molar-refractivity contribution >= 4 is 28.3 Å². The minimum atomic E-state index is 0. The van der Waals surface area contributed by atoms with E-state index in [0.717, 1.165) is 10.2 Å². The first kappa shape index (κ1) is 12.0. The third kappa shape index (κ3) is 2.47. The predicted octanol–water partition coefficient (Wildman–Crippen LogP) is 3.07. The Hall–Kier alpha value is -0.120. The molecule has 2 rings (SSSR count). The highest BCUT2D eigenvalue weighted by molar-refractivity contribution is 9.10. The second-order valence-corrected chi connectivity index (χ2v) is 4.53. The van der Waals surface area contributed by atoms with Crippen molar-refractivity contribution in [3.63, 3.8) is 0 Å². The molecule has 1 aromatic rings. The Morgan fingerprint density at radius 2 is 2.14 bits per heavy atom. The Morgan fingerprint density at radius 1 is 1.43 bits per heavy atom. The van der Waals surface area contributed by atoms with E-state index in [0.29, 0.717) is 5.92 Å². The van der Waals surface area contributed by atoms with Gasteiger partial charge in [0, 0.05) is 16.7 Å². The van der Waals surface area contributed by atoms with Crippen molar-refractivity contribution in [2.45, 2.75) is 25.3 Å². The van der Waals surface area contributed by atoms with E-state index in [9.17, 15) is 0 Å². The van der Waals surface area contributed by atoms with Gasteiger partial charge in [0.15, 0.2) is 0 Å². The lowest BCUT2D eigenvalue weighted by atomic mass is 9.79. The summed E-state index contributed by atoms with van der Waals surface area (Å²) in [4.78, 5) is 4.31. The monoisotopic (exact) mass is 276 g/mol. The second-order valence-electron chi connectivity index (χ2n) is 3.62. The van der Waals surface area contributed by atoms with Gasteiger partial charge in [-0.25, -0.2) is 0 Å². The summed E-state index contributed by atoms with van der Waals surface area (Å²) < 4.78 is 1.01. The SMILES string of the molecule is Cl.N[C@@H](c1ccc(Br)cn1)C1CCC1. The first-order chi connectivity index (χ1) is 6.27. The van der Waals surface area contributed by atoms with Crippen LogP contribution in [0.15, 0.2) is 22.8 Å². The highest BCUT2D eigenvalue weighted by Gasteiger charge is 2.26. The first-order valence-electron chi connectivity index (χ1n) is 4.64. The molecule has 0 aromatic carbocycles. The predicted molar refractivity (Wildman–Crippen MR) is 63.5 cm³/mol. The molecule has 1 heterocycles. The Balaban J connectivity index is 0.000000980. The molecular formula is C10H14BrClN2. The van der Waals surface area contributed by atoms with Gasteiger partial charge in [-0.3, -0.25) is 4.98 Å². The lowest BCUT2D eigenvalue weighted by Crippen LogP contribution is -2.27. The van der Waals surface area contributed by atoms with Crippen LogP contribution in [0.2, 0.25) is 0 Å². The largest absolute Gasteiger partial charge is 0.322 e. The molecule has 0 aliphatic heterocycles. The summed E-state index contributed by atoms with van der Waals surface area (Å²) in [5.74, 6) is 0.661. The van der Waals surface area contributed by atoms with Crippen molar-refractivity contribution in [3.8, 4) is 0 Å². The molecule has 0 unspecified atom stereocenters. The molecule has 0 amide bonds. The standard InChI is InChI=1S/C10H13BrN2.ClH/c11-8-4-5-9(13-6-8)10(12)7-2-1-3-7;/h4-7,10H,1-3,12H2;1H/t10-;/m1./s1. The quantitative estimate of drug-likeness (QED) is 0.902. The molecule has 1 aliphatic rings. The van der Waals surface area contributed by atoms with Gasteiger partial charge in [-0.15, -0.1) is 12.4 Å². The van der Waals surface area contributed by atoms with E-state index in [4.69, 9.17) is 5.73 Å². The first-order valence-corrected chi connectivity index (χ1v) is 5.43. The Morgan fingerprint density at radius 3 is 2.57 bits per heavy atom. The number of pyridine rings is 1. The van der Waals surface area contributed by atoms with Crippen molar-refractivity contribution in [2.75, 3.05) is 0 Å². The van der Waals surface area contributed by atoms with Crippen LogP contribution in [0.5, 0.6) is 0 Å². The number of hydrogen-bond donors (Lipinski definition) is 1. The fourth-order valence-corrected chi connectivity index (χ4v) is 1.86. The third-order valence-corrected chi connectivity index (χ3v) is 3.22. The number of hydrogen-bond acceptors (Lipinski definition) is 2. The summed E-state index contributed by atoms with van der Waals surface area (Å²) in [5, 5.41) is 0. The summed E-state index contributed by atoms with van der Waals surface area (Å²) in [6, 6.07) is 4.15. The van der Waals surface area contributed by atoms with E-state index < -0.39 is 0 Å². The van der Waals surface area contributed by atoms with Gasteiger partial charge in [0.2, 0.25) is 0 Å². The molecule has 0 radical (unpaired) electrons. The van der Waals surface area contributed by atoms with E-state index in [1.165, 1.54) is 19.3 Å². The molecule has 0 bridgehead atoms. The highest BCUT2D eigenvalue weighted by atomic mass is 79.9. The molecule has 1 saturated carbocycles. The van der Waals surface area contributed by atoms with E-state index in [2.05, 4.69) is 20.9 Å². The molecule has 78 valence electrons. The molecule has 1 atom stereocenters. The maximum absolute atomic E-state index is 6.07. The van der Waals surface area contributed by atoms with Gasteiger partial charge in [0.05, 0.1) is 5.69 Å². The van der Waals surface area contributed by atoms with Crippen molar-refractivity contribution in [1.29, 1.82) is 0 Å². The van der Waals surface area contributed by atoms with Crippen LogP contribution in [-0.4, -0.2) is 4.98 Å². The molecule has 0 saturated heterocycles. The van der Waals surface area contributed by atoms with Crippen LogP contribution >= 0.6 is 28.3 Å². The molecule has 0 spiro atoms. The summed E-state index contributed by atoms with van der Waals surface area (Å²) in [6.07, 6.45) is 5.67. The van der Waals surface area contributed by atoms with E-state index >= 15 is 0 Å². The summed E-state index contributed by atoms with van der Waals surface area (Å²) in [7, 11) is 0. The summed E-state index contributed by atoms with van der Waals surface area (Å²) >= 11 is 3.36. The molecule has 1 aliphatic carbocycles. The van der Waals surface area contributed by atoms with E-state index in [-0.39, 0.29) is 18.4 Å². The lowest BCUT2D eigenvalue weighted by Gasteiger charge is -2.30. The van der Waals surface area contributed by atoms with Gasteiger partial charge in [-0.2, -0.15) is 0 Å². The zero-order valence-corrected chi connectivity index (χ0v) is 10.2. The lowest BCUT2D eigenvalue weighted by molar-refractivity contribution is 0.261. The number of nitrogens with zero attached hydrogens (tertiary/aromatic N) is 1. The number of rotatable bonds is 2. The van der Waals surface area contributed by atoms with Crippen LogP contribution in [0, 0.1) is 5.92 Å². The normalized spacial score (nSPS) is 18.1. The molecular weight excluding hydrogens is 263 g/mol. The van der Waals surface area contributed by atoms with Crippen molar-refractivity contribution in [2.24, 2.45) is 11.7 Å². The molecule has 2 N–H and O–H groups in total. The molecule has 2 nitrogen and oxygen atoms in total. The number of halogens is 2. The highest BCUT2D eigenvalue weighted by Crippen LogP contribution is 2.35. The smallest absolute Gasteiger partial charge is 0.0574 e. The van der Waals surface area contributed by atoms with Crippen molar-refractivity contribution in [3.05, 3.63) is 28.5 Å². The van der Waals surface area contributed by atoms with Gasteiger partial charge < -0.3 is 5.73 Å². The van der Waals surface area contributed by atoms with E-state index in [1.54, 1.807) is 0 Å². The fourth-order valence-electron chi connectivity index (χ4n) is 1.62. The van der Waals surface area contributed by atoms with E-state index in [1.807, 2.05) is 18.3 Å². The molecule has 1 fully saturated rings. The number of nitrogens with two attached hydrogens (primary N) is 1. The van der Waals surface area contributed by atoms with Gasteiger partial charge in [-0.05, 0) is 46.8 Å². The molecule has 1 aromatic heterocycles. The Bertz CT molecular complexity index is 285. The molecule has 14 heavy (non-hydrogen) atoms. The Kier molecular flexibility index (Phi) is 4.35. The van der Waals surface area contributed by atoms with Crippen LogP contribution in [0.4, 0.5) is 0 Å². The van der Waals surface area contributed by atoms with Crippen LogP contribution in [0.1, 0.15) is 31.0 Å². The van der Waals surface area contributed by atoms with Gasteiger partial charge in [0.1, 0.15) is 0 Å². The Labute approximate surface area is 98.8 Å². The topological polar surface area (TPSA) is 38.9 Å². The third-order valence-electron chi connectivity index (χ3n) is 2.75. The second kappa shape index (κ2) is 5.10. The number of aromatic nitrogens is 1. The fraction of sp³-hybridized carbons (Fsp3) is 0.500. The maximum atomic E-state index is 6.07. The van der Waals surface area contributed by atoms with Crippen LogP contribution < -0.4 is 5.73 Å². The van der Waals surface area contributed by atoms with Crippen molar-refractivity contribution < 1.29 is 0 Å². The molecule has 4 heteroatoms. The van der Waals surface area contributed by atoms with Gasteiger partial charge >= 0.3 is 0 Å². The zero-order chi connectivity index (χ0) is 9.26. The minimum Gasteiger partial charge on any atom is -0.322 e. The van der Waals surface area contributed by atoms with Gasteiger partial charge in [0.25, 0.3) is 0 Å². The summed E-state index contributed by atoms with van der Waals surface area (Å²) in [5.41, 5.74) is 7.09. The van der Waals surface area contributed by atoms with Gasteiger partial charge in [-0.1, -0.05) is 6.42 Å². The average Bonchev–Trinajstić information content (AvgIpc) is 2.02. The van der Waals surface area contributed by atoms with Crippen molar-refractivity contribution in [1.82, 2.24) is 4.98 Å². The maximum Gasteiger partial charge on any atom is 0.0574 e. The average molecular weight is 278 g/mol.